The van der Waals surface area contributed by atoms with Gasteiger partial charge in [-0.1, -0.05) is 0 Å². The minimum absolute atomic E-state index is 0.0115. The Morgan fingerprint density at radius 1 is 1.40 bits per heavy atom. The van der Waals surface area contributed by atoms with Crippen LogP contribution < -0.4 is 10.1 Å². The van der Waals surface area contributed by atoms with Gasteiger partial charge in [0.2, 0.25) is 0 Å². The van der Waals surface area contributed by atoms with Crippen molar-refractivity contribution in [3.05, 3.63) is 41.3 Å². The summed E-state index contributed by atoms with van der Waals surface area (Å²) in [4.78, 5) is 22.5. The molecule has 0 radical (unpaired) electrons. The number of amides is 1. The first kappa shape index (κ1) is 13.5. The summed E-state index contributed by atoms with van der Waals surface area (Å²) in [5.74, 6) is -2.44. The van der Waals surface area contributed by atoms with Crippen molar-refractivity contribution in [1.29, 1.82) is 0 Å². The molecule has 1 aromatic heterocycles. The van der Waals surface area contributed by atoms with Gasteiger partial charge in [-0.25, -0.2) is 9.18 Å². The summed E-state index contributed by atoms with van der Waals surface area (Å²) < 4.78 is 18.5. The van der Waals surface area contributed by atoms with Crippen molar-refractivity contribution in [1.82, 2.24) is 10.2 Å². The molecule has 104 valence electrons. The van der Waals surface area contributed by atoms with Gasteiger partial charge in [0.1, 0.15) is 17.3 Å². The van der Waals surface area contributed by atoms with E-state index in [-0.39, 0.29) is 22.8 Å². The first-order valence-electron chi connectivity index (χ1n) is 5.45. The molecule has 1 heterocycles. The normalized spacial score (nSPS) is 10.1. The number of hydrogen-bond donors (Lipinski definition) is 3. The van der Waals surface area contributed by atoms with E-state index in [9.17, 15) is 14.0 Å². The van der Waals surface area contributed by atoms with Crippen LogP contribution in [0.15, 0.2) is 24.3 Å². The highest BCUT2D eigenvalue weighted by Gasteiger charge is 2.15. The Bertz CT molecular complexity index is 668. The second-order valence-corrected chi connectivity index (χ2v) is 3.77. The average molecular weight is 279 g/mol. The second kappa shape index (κ2) is 5.39. The highest BCUT2D eigenvalue weighted by atomic mass is 19.1. The monoisotopic (exact) mass is 279 g/mol. The van der Waals surface area contributed by atoms with Crippen molar-refractivity contribution in [3.8, 4) is 5.75 Å². The molecule has 0 spiro atoms. The van der Waals surface area contributed by atoms with Gasteiger partial charge >= 0.3 is 5.97 Å². The molecule has 0 saturated carbocycles. The summed E-state index contributed by atoms with van der Waals surface area (Å²) in [7, 11) is 1.38. The van der Waals surface area contributed by atoms with Crippen LogP contribution in [0.4, 0.5) is 10.2 Å². The van der Waals surface area contributed by atoms with Crippen LogP contribution in [-0.2, 0) is 0 Å². The molecule has 2 rings (SSSR count). The van der Waals surface area contributed by atoms with Gasteiger partial charge in [-0.3, -0.25) is 9.89 Å². The van der Waals surface area contributed by atoms with Gasteiger partial charge in [0.05, 0.1) is 12.7 Å². The fraction of sp³-hybridized carbons (Fsp3) is 0.0833. The molecule has 0 aliphatic heterocycles. The maximum absolute atomic E-state index is 13.7. The van der Waals surface area contributed by atoms with Gasteiger partial charge in [0.15, 0.2) is 5.82 Å². The summed E-state index contributed by atoms with van der Waals surface area (Å²) in [6.07, 6.45) is 0. The van der Waals surface area contributed by atoms with Crippen LogP contribution in [0.1, 0.15) is 20.8 Å². The smallest absolute Gasteiger partial charge is 0.353 e. The molecular formula is C12H10FN3O4. The number of aromatic nitrogens is 2. The van der Waals surface area contributed by atoms with Gasteiger partial charge in [-0.15, -0.1) is 0 Å². The fourth-order valence-electron chi connectivity index (χ4n) is 1.49. The van der Waals surface area contributed by atoms with Crippen molar-refractivity contribution in [2.24, 2.45) is 0 Å². The molecule has 1 amide bonds. The summed E-state index contributed by atoms with van der Waals surface area (Å²) in [5, 5.41) is 16.8. The van der Waals surface area contributed by atoms with E-state index in [4.69, 9.17) is 9.84 Å². The Kier molecular flexibility index (Phi) is 3.65. The third kappa shape index (κ3) is 2.74. The zero-order valence-electron chi connectivity index (χ0n) is 10.3. The number of carboxylic acids is 1. The minimum Gasteiger partial charge on any atom is -0.497 e. The lowest BCUT2D eigenvalue weighted by Gasteiger charge is -2.05. The SMILES string of the molecule is COc1ccc(C(=O)Nc2cc(C(=O)O)[nH]n2)c(F)c1. The number of carbonyl (C=O) groups excluding carboxylic acids is 1. The van der Waals surface area contributed by atoms with E-state index in [1.165, 1.54) is 19.2 Å². The topological polar surface area (TPSA) is 104 Å². The fourth-order valence-corrected chi connectivity index (χ4v) is 1.49. The summed E-state index contributed by atoms with van der Waals surface area (Å²) >= 11 is 0. The molecule has 0 bridgehead atoms. The Morgan fingerprint density at radius 2 is 2.15 bits per heavy atom. The van der Waals surface area contributed by atoms with Crippen molar-refractivity contribution < 1.29 is 23.8 Å². The molecular weight excluding hydrogens is 269 g/mol. The van der Waals surface area contributed by atoms with Gasteiger partial charge in [0, 0.05) is 12.1 Å². The van der Waals surface area contributed by atoms with E-state index in [0.717, 1.165) is 12.1 Å². The van der Waals surface area contributed by atoms with E-state index >= 15 is 0 Å². The van der Waals surface area contributed by atoms with E-state index in [2.05, 4.69) is 15.5 Å². The Morgan fingerprint density at radius 3 is 2.70 bits per heavy atom. The number of carboxylic acid groups (broad SMARTS) is 1. The molecule has 7 nitrogen and oxygen atoms in total. The third-order valence-electron chi connectivity index (χ3n) is 2.47. The lowest BCUT2D eigenvalue weighted by Crippen LogP contribution is -2.14. The number of rotatable bonds is 4. The molecule has 1 aromatic carbocycles. The molecule has 0 atom stereocenters. The molecule has 3 N–H and O–H groups in total. The van der Waals surface area contributed by atoms with Crippen LogP contribution >= 0.6 is 0 Å². The van der Waals surface area contributed by atoms with Crippen LogP contribution in [0.25, 0.3) is 0 Å². The standard InChI is InChI=1S/C12H10FN3O4/c1-20-6-2-3-7(8(13)4-6)11(17)14-10-5-9(12(18)19)15-16-10/h2-5H,1H3,(H,18,19)(H2,14,15,16,17). The van der Waals surface area contributed by atoms with Gasteiger partial charge < -0.3 is 15.2 Å². The minimum atomic E-state index is -1.21. The summed E-state index contributed by atoms with van der Waals surface area (Å²) in [6.45, 7) is 0. The van der Waals surface area contributed by atoms with Crippen molar-refractivity contribution in [3.63, 3.8) is 0 Å². The Hall–Kier alpha value is -2.90. The molecule has 8 heteroatoms. The third-order valence-corrected chi connectivity index (χ3v) is 2.47. The van der Waals surface area contributed by atoms with Crippen LogP contribution in [0.3, 0.4) is 0 Å². The number of methoxy groups -OCH3 is 1. The van der Waals surface area contributed by atoms with Gasteiger partial charge in [-0.2, -0.15) is 5.10 Å². The van der Waals surface area contributed by atoms with Gasteiger partial charge in [0.25, 0.3) is 5.91 Å². The average Bonchev–Trinajstić information content (AvgIpc) is 2.87. The largest absolute Gasteiger partial charge is 0.497 e. The zero-order valence-corrected chi connectivity index (χ0v) is 10.3. The molecule has 0 fully saturated rings. The molecule has 0 aliphatic rings. The number of aromatic carboxylic acids is 1. The van der Waals surface area contributed by atoms with Crippen molar-refractivity contribution in [2.75, 3.05) is 12.4 Å². The van der Waals surface area contributed by atoms with E-state index in [1.54, 1.807) is 0 Å². The number of hydrogen-bond acceptors (Lipinski definition) is 4. The predicted octanol–water partition coefficient (Wildman–Crippen LogP) is 1.51. The highest BCUT2D eigenvalue weighted by molar-refractivity contribution is 6.04. The number of aromatic amines is 1. The summed E-state index contributed by atoms with van der Waals surface area (Å²) in [5.41, 5.74) is -0.388. The number of nitrogens with one attached hydrogen (secondary N) is 2. The first-order valence-corrected chi connectivity index (χ1v) is 5.45. The second-order valence-electron chi connectivity index (χ2n) is 3.77. The van der Waals surface area contributed by atoms with E-state index < -0.39 is 17.7 Å². The zero-order chi connectivity index (χ0) is 14.7. The van der Waals surface area contributed by atoms with Crippen molar-refractivity contribution in [2.45, 2.75) is 0 Å². The highest BCUT2D eigenvalue weighted by Crippen LogP contribution is 2.17. The predicted molar refractivity (Wildman–Crippen MR) is 66.5 cm³/mol. The lowest BCUT2D eigenvalue weighted by molar-refractivity contribution is 0.0690. The van der Waals surface area contributed by atoms with Gasteiger partial charge in [-0.05, 0) is 12.1 Å². The quantitative estimate of drug-likeness (QED) is 0.786. The van der Waals surface area contributed by atoms with Crippen molar-refractivity contribution >= 4 is 17.7 Å². The van der Waals surface area contributed by atoms with Crippen LogP contribution in [0.5, 0.6) is 5.75 Å². The number of halogens is 1. The number of anilines is 1. The molecule has 0 saturated heterocycles. The molecule has 0 unspecified atom stereocenters. The lowest BCUT2D eigenvalue weighted by atomic mass is 10.2. The van der Waals surface area contributed by atoms with E-state index in [1.807, 2.05) is 0 Å². The number of benzene rings is 1. The van der Waals surface area contributed by atoms with Crippen LogP contribution in [0.2, 0.25) is 0 Å². The number of H-pyrrole nitrogens is 1. The summed E-state index contributed by atoms with van der Waals surface area (Å²) in [6, 6.07) is 4.89. The first-order chi connectivity index (χ1) is 9.51. The molecule has 20 heavy (non-hydrogen) atoms. The Labute approximate surface area is 112 Å². The van der Waals surface area contributed by atoms with E-state index in [0.29, 0.717) is 0 Å². The number of carbonyl (C=O) groups is 2. The van der Waals surface area contributed by atoms with Crippen LogP contribution in [0, 0.1) is 5.82 Å². The number of ether oxygens (including phenoxy) is 1. The maximum Gasteiger partial charge on any atom is 0.353 e. The number of nitrogens with zero attached hydrogens (tertiary/aromatic N) is 1. The molecule has 0 aliphatic carbocycles. The maximum atomic E-state index is 13.7. The van der Waals surface area contributed by atoms with Crippen LogP contribution in [-0.4, -0.2) is 34.3 Å². The Balaban J connectivity index is 2.17. The molecule has 2 aromatic rings.